The number of nitrogens with one attached hydrogen (secondary N) is 1. The molecular weight excluding hydrogens is 397 g/mol. The molecule has 0 saturated heterocycles. The van der Waals surface area contributed by atoms with Gasteiger partial charge in [0.25, 0.3) is 10.0 Å². The van der Waals surface area contributed by atoms with E-state index in [4.69, 9.17) is 28.9 Å². The number of primary amides is 1. The number of benzene rings is 2. The Labute approximate surface area is 161 Å². The average Bonchev–Trinajstić information content (AvgIpc) is 2.80. The molecule has 0 spiro atoms. The molecule has 9 heteroatoms. The fraction of sp³-hybridized carbons (Fsp3) is 0.235. The van der Waals surface area contributed by atoms with Crippen molar-refractivity contribution in [3.8, 4) is 0 Å². The summed E-state index contributed by atoms with van der Waals surface area (Å²) in [6.45, 7) is 4.41. The standard InChI is InChI=1S/C17H17Cl2N3O3S/c1-17(2)9-22(16(20)23)13-8-10(6-7-11(13)17)21-26(24,25)14-5-3-4-12(18)15(14)19/h3-8,21H,9H2,1-2H3,(H2,20,23). The Morgan fingerprint density at radius 2 is 1.92 bits per heavy atom. The molecule has 0 aliphatic carbocycles. The van der Waals surface area contributed by atoms with Crippen LogP contribution in [0.15, 0.2) is 41.3 Å². The minimum atomic E-state index is -3.95. The molecule has 0 aromatic heterocycles. The first-order chi connectivity index (χ1) is 12.0. The number of anilines is 2. The number of urea groups is 1. The van der Waals surface area contributed by atoms with Crippen LogP contribution in [0.25, 0.3) is 0 Å². The minimum Gasteiger partial charge on any atom is -0.351 e. The predicted octanol–water partition coefficient (Wildman–Crippen LogP) is 3.97. The van der Waals surface area contributed by atoms with Gasteiger partial charge in [0, 0.05) is 12.0 Å². The molecule has 1 aliphatic rings. The number of hydrogen-bond donors (Lipinski definition) is 2. The van der Waals surface area contributed by atoms with E-state index in [9.17, 15) is 13.2 Å². The molecule has 2 aromatic carbocycles. The highest BCUT2D eigenvalue weighted by molar-refractivity contribution is 7.92. The topological polar surface area (TPSA) is 92.5 Å². The Kier molecular flexibility index (Phi) is 4.58. The van der Waals surface area contributed by atoms with Gasteiger partial charge in [0.2, 0.25) is 0 Å². The van der Waals surface area contributed by atoms with E-state index in [1.54, 1.807) is 18.2 Å². The van der Waals surface area contributed by atoms with E-state index in [1.165, 1.54) is 23.1 Å². The van der Waals surface area contributed by atoms with Gasteiger partial charge in [-0.3, -0.25) is 9.62 Å². The third-order valence-electron chi connectivity index (χ3n) is 4.29. The van der Waals surface area contributed by atoms with Crippen molar-refractivity contribution in [1.29, 1.82) is 0 Å². The first-order valence-electron chi connectivity index (χ1n) is 7.71. The van der Waals surface area contributed by atoms with E-state index in [0.717, 1.165) is 5.56 Å². The van der Waals surface area contributed by atoms with Crippen LogP contribution in [0, 0.1) is 0 Å². The normalized spacial score (nSPS) is 15.6. The van der Waals surface area contributed by atoms with Gasteiger partial charge in [0.05, 0.1) is 21.4 Å². The highest BCUT2D eigenvalue weighted by Crippen LogP contribution is 2.42. The maximum atomic E-state index is 12.7. The van der Waals surface area contributed by atoms with Gasteiger partial charge in [-0.15, -0.1) is 0 Å². The molecule has 138 valence electrons. The SMILES string of the molecule is CC1(C)CN(C(N)=O)c2cc(NS(=O)(=O)c3cccc(Cl)c3Cl)ccc21. The van der Waals surface area contributed by atoms with Crippen LogP contribution in [0.4, 0.5) is 16.2 Å². The number of carbonyl (C=O) groups excluding carboxylic acids is 1. The van der Waals surface area contributed by atoms with Crippen molar-refractivity contribution < 1.29 is 13.2 Å². The zero-order chi connectivity index (χ0) is 19.3. The van der Waals surface area contributed by atoms with Gasteiger partial charge < -0.3 is 5.73 Å². The van der Waals surface area contributed by atoms with Crippen molar-refractivity contribution >= 4 is 50.6 Å². The Morgan fingerprint density at radius 3 is 2.58 bits per heavy atom. The second-order valence-corrected chi connectivity index (χ2v) is 9.13. The molecule has 0 fully saturated rings. The number of carbonyl (C=O) groups is 1. The highest BCUT2D eigenvalue weighted by Gasteiger charge is 2.37. The lowest BCUT2D eigenvalue weighted by atomic mass is 9.87. The van der Waals surface area contributed by atoms with Crippen molar-refractivity contribution in [1.82, 2.24) is 0 Å². The summed E-state index contributed by atoms with van der Waals surface area (Å²) in [5, 5.41) is 0.0906. The number of nitrogens with zero attached hydrogens (tertiary/aromatic N) is 1. The Hall–Kier alpha value is -1.96. The number of hydrogen-bond acceptors (Lipinski definition) is 3. The van der Waals surface area contributed by atoms with Crippen LogP contribution in [0.3, 0.4) is 0 Å². The number of sulfonamides is 1. The van der Waals surface area contributed by atoms with Crippen LogP contribution in [0.2, 0.25) is 10.0 Å². The van der Waals surface area contributed by atoms with Gasteiger partial charge in [0.1, 0.15) is 4.90 Å². The van der Waals surface area contributed by atoms with E-state index >= 15 is 0 Å². The molecule has 0 unspecified atom stereocenters. The fourth-order valence-electron chi connectivity index (χ4n) is 3.05. The molecule has 2 aromatic rings. The van der Waals surface area contributed by atoms with Crippen LogP contribution in [-0.2, 0) is 15.4 Å². The zero-order valence-corrected chi connectivity index (χ0v) is 16.4. The smallest absolute Gasteiger partial charge is 0.319 e. The first kappa shape index (κ1) is 18.8. The van der Waals surface area contributed by atoms with Crippen LogP contribution in [0.5, 0.6) is 0 Å². The van der Waals surface area contributed by atoms with Crippen molar-refractivity contribution in [2.45, 2.75) is 24.2 Å². The molecule has 3 rings (SSSR count). The fourth-order valence-corrected chi connectivity index (χ4v) is 4.87. The number of rotatable bonds is 3. The van der Waals surface area contributed by atoms with E-state index in [2.05, 4.69) is 4.72 Å². The van der Waals surface area contributed by atoms with Gasteiger partial charge in [-0.25, -0.2) is 13.2 Å². The Balaban J connectivity index is 2.01. The molecule has 6 nitrogen and oxygen atoms in total. The Bertz CT molecular complexity index is 1010. The van der Waals surface area contributed by atoms with Crippen molar-refractivity contribution in [3.63, 3.8) is 0 Å². The third-order valence-corrected chi connectivity index (χ3v) is 6.65. The molecule has 0 atom stereocenters. The second kappa shape index (κ2) is 6.33. The molecule has 2 amide bonds. The van der Waals surface area contributed by atoms with Crippen LogP contribution in [0.1, 0.15) is 19.4 Å². The summed E-state index contributed by atoms with van der Waals surface area (Å²) >= 11 is 11.9. The molecule has 0 radical (unpaired) electrons. The lowest BCUT2D eigenvalue weighted by Gasteiger charge is -2.18. The number of fused-ring (bicyclic) bond motifs is 1. The summed E-state index contributed by atoms with van der Waals surface area (Å²) in [6, 6.07) is 8.80. The average molecular weight is 414 g/mol. The van der Waals surface area contributed by atoms with E-state index < -0.39 is 16.1 Å². The number of nitrogens with two attached hydrogens (primary N) is 1. The van der Waals surface area contributed by atoms with E-state index in [0.29, 0.717) is 17.9 Å². The molecule has 0 bridgehead atoms. The summed E-state index contributed by atoms with van der Waals surface area (Å²) < 4.78 is 27.8. The van der Waals surface area contributed by atoms with Gasteiger partial charge in [-0.1, -0.05) is 49.2 Å². The van der Waals surface area contributed by atoms with Crippen molar-refractivity contribution in [2.75, 3.05) is 16.2 Å². The maximum absolute atomic E-state index is 12.7. The van der Waals surface area contributed by atoms with Gasteiger partial charge in [-0.05, 0) is 29.8 Å². The summed E-state index contributed by atoms with van der Waals surface area (Å²) in [6.07, 6.45) is 0. The van der Waals surface area contributed by atoms with Crippen LogP contribution in [-0.4, -0.2) is 21.0 Å². The summed E-state index contributed by atoms with van der Waals surface area (Å²) in [7, 11) is -3.95. The molecule has 0 saturated carbocycles. The lowest BCUT2D eigenvalue weighted by Crippen LogP contribution is -2.37. The molecular formula is C17H17Cl2N3O3S. The summed E-state index contributed by atoms with van der Waals surface area (Å²) in [5.74, 6) is 0. The summed E-state index contributed by atoms with van der Waals surface area (Å²) in [5.41, 5.74) is 6.97. The molecule has 3 N–H and O–H groups in total. The number of amides is 2. The summed E-state index contributed by atoms with van der Waals surface area (Å²) in [4.78, 5) is 13.0. The zero-order valence-electron chi connectivity index (χ0n) is 14.1. The van der Waals surface area contributed by atoms with E-state index in [-0.39, 0.29) is 20.4 Å². The lowest BCUT2D eigenvalue weighted by molar-refractivity contribution is 0.253. The quantitative estimate of drug-likeness (QED) is 0.796. The largest absolute Gasteiger partial charge is 0.351 e. The first-order valence-corrected chi connectivity index (χ1v) is 9.95. The van der Waals surface area contributed by atoms with Crippen LogP contribution >= 0.6 is 23.2 Å². The van der Waals surface area contributed by atoms with Gasteiger partial charge in [-0.2, -0.15) is 0 Å². The minimum absolute atomic E-state index is 0.0530. The predicted molar refractivity (Wildman–Crippen MR) is 104 cm³/mol. The third kappa shape index (κ3) is 3.22. The Morgan fingerprint density at radius 1 is 1.23 bits per heavy atom. The van der Waals surface area contributed by atoms with Crippen molar-refractivity contribution in [3.05, 3.63) is 52.0 Å². The van der Waals surface area contributed by atoms with E-state index in [1.807, 2.05) is 13.8 Å². The molecule has 1 aliphatic heterocycles. The van der Waals surface area contributed by atoms with Crippen LogP contribution < -0.4 is 15.4 Å². The van der Waals surface area contributed by atoms with Gasteiger partial charge >= 0.3 is 6.03 Å². The van der Waals surface area contributed by atoms with Crippen molar-refractivity contribution in [2.24, 2.45) is 5.73 Å². The van der Waals surface area contributed by atoms with Gasteiger partial charge in [0.15, 0.2) is 0 Å². The molecule has 26 heavy (non-hydrogen) atoms. The number of halogens is 2. The molecule has 1 heterocycles. The maximum Gasteiger partial charge on any atom is 0.319 e. The monoisotopic (exact) mass is 413 g/mol. The second-order valence-electron chi connectivity index (χ2n) is 6.70. The highest BCUT2D eigenvalue weighted by atomic mass is 35.5.